The monoisotopic (exact) mass is 169 g/mol. The van der Waals surface area contributed by atoms with Crippen molar-refractivity contribution in [3.05, 3.63) is 12.0 Å². The van der Waals surface area contributed by atoms with E-state index in [4.69, 9.17) is 5.73 Å². The number of carbonyl (C=O) groups excluding carboxylic acids is 1. The zero-order chi connectivity index (χ0) is 9.07. The molecule has 3 nitrogen and oxygen atoms in total. The molecule has 0 aliphatic heterocycles. The molecule has 0 aromatic rings. The van der Waals surface area contributed by atoms with Crippen LogP contribution in [-0.2, 0) is 9.53 Å². The summed E-state index contributed by atoms with van der Waals surface area (Å²) in [5, 5.41) is 0. The van der Waals surface area contributed by atoms with E-state index in [1.807, 2.05) is 0 Å². The third kappa shape index (κ3) is 3.49. The molecule has 0 spiro atoms. The molecule has 6 heteroatoms. The third-order valence-corrected chi connectivity index (χ3v) is 0.788. The number of hydrogen-bond acceptors (Lipinski definition) is 3. The van der Waals surface area contributed by atoms with Crippen molar-refractivity contribution < 1.29 is 22.7 Å². The van der Waals surface area contributed by atoms with Crippen molar-refractivity contribution in [1.82, 2.24) is 0 Å². The second-order valence-corrected chi connectivity index (χ2v) is 1.61. The standard InChI is InChI=1S/C5H6F3NO2/c1-11-4(9)2-3(10)5(6,7)8/h2H,9H2,1H3/b4-2-. The van der Waals surface area contributed by atoms with Crippen molar-refractivity contribution >= 4 is 5.78 Å². The van der Waals surface area contributed by atoms with E-state index >= 15 is 0 Å². The lowest BCUT2D eigenvalue weighted by Crippen LogP contribution is -2.21. The summed E-state index contributed by atoms with van der Waals surface area (Å²) in [6.45, 7) is 0. The third-order valence-electron chi connectivity index (χ3n) is 0.788. The summed E-state index contributed by atoms with van der Waals surface area (Å²) < 4.78 is 38.5. The number of nitrogens with two attached hydrogens (primary N) is 1. The highest BCUT2D eigenvalue weighted by Crippen LogP contribution is 2.16. The number of rotatable bonds is 2. The van der Waals surface area contributed by atoms with Crippen LogP contribution in [0.4, 0.5) is 13.2 Å². The maximum Gasteiger partial charge on any atom is 0.454 e. The Morgan fingerprint density at radius 3 is 2.27 bits per heavy atom. The summed E-state index contributed by atoms with van der Waals surface area (Å²) in [6.07, 6.45) is -4.71. The average molecular weight is 169 g/mol. The molecule has 0 aromatic carbocycles. The van der Waals surface area contributed by atoms with Gasteiger partial charge in [0.2, 0.25) is 0 Å². The molecule has 0 aliphatic rings. The van der Waals surface area contributed by atoms with Crippen LogP contribution in [0.5, 0.6) is 0 Å². The van der Waals surface area contributed by atoms with E-state index in [-0.39, 0.29) is 6.08 Å². The van der Waals surface area contributed by atoms with Crippen molar-refractivity contribution in [1.29, 1.82) is 0 Å². The molecule has 0 aliphatic carbocycles. The van der Waals surface area contributed by atoms with Gasteiger partial charge in [-0.1, -0.05) is 0 Å². The van der Waals surface area contributed by atoms with E-state index in [1.165, 1.54) is 0 Å². The van der Waals surface area contributed by atoms with Gasteiger partial charge in [-0.15, -0.1) is 0 Å². The highest BCUT2D eigenvalue weighted by atomic mass is 19.4. The average Bonchev–Trinajstić information content (AvgIpc) is 1.85. The lowest BCUT2D eigenvalue weighted by Gasteiger charge is -2.01. The molecule has 0 unspecified atom stereocenters. The van der Waals surface area contributed by atoms with Crippen molar-refractivity contribution in [3.8, 4) is 0 Å². The molecule has 2 N–H and O–H groups in total. The van der Waals surface area contributed by atoms with Gasteiger partial charge in [-0.2, -0.15) is 13.2 Å². The van der Waals surface area contributed by atoms with Crippen molar-refractivity contribution in [3.63, 3.8) is 0 Å². The molecule has 0 amide bonds. The molecule has 0 atom stereocenters. The molecule has 0 radical (unpaired) electrons. The minimum atomic E-state index is -4.89. The first kappa shape index (κ1) is 9.80. The Balaban J connectivity index is 4.30. The van der Waals surface area contributed by atoms with Crippen LogP contribution in [-0.4, -0.2) is 19.1 Å². The molecule has 0 rings (SSSR count). The minimum absolute atomic E-state index is 0.181. The van der Waals surface area contributed by atoms with Gasteiger partial charge >= 0.3 is 6.18 Å². The SMILES string of the molecule is CO/C(N)=C\C(=O)C(F)(F)F. The number of carbonyl (C=O) groups is 1. The fourth-order valence-electron chi connectivity index (χ4n) is 0.270. The van der Waals surface area contributed by atoms with E-state index < -0.39 is 17.8 Å². The Hall–Kier alpha value is -1.20. The maximum absolute atomic E-state index is 11.4. The zero-order valence-corrected chi connectivity index (χ0v) is 5.61. The van der Waals surface area contributed by atoms with Crippen molar-refractivity contribution in [2.75, 3.05) is 7.11 Å². The van der Waals surface area contributed by atoms with Gasteiger partial charge in [0, 0.05) is 0 Å². The fourth-order valence-corrected chi connectivity index (χ4v) is 0.270. The van der Waals surface area contributed by atoms with Gasteiger partial charge in [0.05, 0.1) is 13.2 Å². The van der Waals surface area contributed by atoms with E-state index in [0.29, 0.717) is 0 Å². The van der Waals surface area contributed by atoms with Crippen LogP contribution in [0.25, 0.3) is 0 Å². The summed E-state index contributed by atoms with van der Waals surface area (Å²) in [5.41, 5.74) is 4.79. The van der Waals surface area contributed by atoms with Crippen LogP contribution in [0.3, 0.4) is 0 Å². The topological polar surface area (TPSA) is 52.3 Å². The molecule has 64 valence electrons. The highest BCUT2D eigenvalue weighted by Gasteiger charge is 2.36. The second kappa shape index (κ2) is 3.27. The first-order chi connectivity index (χ1) is 4.88. The summed E-state index contributed by atoms with van der Waals surface area (Å²) in [5.74, 6) is -2.59. The molecule has 0 saturated carbocycles. The van der Waals surface area contributed by atoms with E-state index in [1.54, 1.807) is 0 Å². The van der Waals surface area contributed by atoms with E-state index in [0.717, 1.165) is 7.11 Å². The number of halogens is 3. The predicted molar refractivity (Wildman–Crippen MR) is 30.3 cm³/mol. The fraction of sp³-hybridized carbons (Fsp3) is 0.400. The molecule has 0 heterocycles. The molecule has 0 saturated heterocycles. The first-order valence-electron chi connectivity index (χ1n) is 2.50. The van der Waals surface area contributed by atoms with Gasteiger partial charge in [0.1, 0.15) is 0 Å². The summed E-state index contributed by atoms with van der Waals surface area (Å²) >= 11 is 0. The van der Waals surface area contributed by atoms with Crippen LogP contribution in [0.2, 0.25) is 0 Å². The Bertz CT molecular complexity index is 185. The van der Waals surface area contributed by atoms with Gasteiger partial charge in [-0.25, -0.2) is 0 Å². The van der Waals surface area contributed by atoms with Crippen LogP contribution in [0, 0.1) is 0 Å². The smallest absolute Gasteiger partial charge is 0.454 e. The zero-order valence-electron chi connectivity index (χ0n) is 5.61. The Morgan fingerprint density at radius 1 is 1.55 bits per heavy atom. The van der Waals surface area contributed by atoms with E-state index in [9.17, 15) is 18.0 Å². The quantitative estimate of drug-likeness (QED) is 0.485. The number of ether oxygens (including phenoxy) is 1. The largest absolute Gasteiger partial charge is 0.483 e. The summed E-state index contributed by atoms with van der Waals surface area (Å²) in [6, 6.07) is 0. The summed E-state index contributed by atoms with van der Waals surface area (Å²) in [4.78, 5) is 10.1. The number of ketones is 1. The molecule has 11 heavy (non-hydrogen) atoms. The lowest BCUT2D eigenvalue weighted by atomic mass is 10.4. The predicted octanol–water partition coefficient (Wildman–Crippen LogP) is 0.564. The maximum atomic E-state index is 11.4. The lowest BCUT2D eigenvalue weighted by molar-refractivity contribution is -0.165. The Kier molecular flexibility index (Phi) is 2.91. The number of alkyl halides is 3. The van der Waals surface area contributed by atoms with Gasteiger partial charge in [-0.3, -0.25) is 4.79 Å². The normalized spacial score (nSPS) is 12.9. The van der Waals surface area contributed by atoms with Gasteiger partial charge < -0.3 is 10.5 Å². The Labute approximate surface area is 60.6 Å². The van der Waals surface area contributed by atoms with Crippen LogP contribution >= 0.6 is 0 Å². The van der Waals surface area contributed by atoms with Gasteiger partial charge in [0.25, 0.3) is 5.78 Å². The van der Waals surface area contributed by atoms with Crippen molar-refractivity contribution in [2.45, 2.75) is 6.18 Å². The van der Waals surface area contributed by atoms with Crippen LogP contribution in [0.15, 0.2) is 12.0 Å². The van der Waals surface area contributed by atoms with Gasteiger partial charge in [0.15, 0.2) is 5.88 Å². The van der Waals surface area contributed by atoms with Gasteiger partial charge in [-0.05, 0) is 0 Å². The molecular formula is C5H6F3NO2. The molecule has 0 bridgehead atoms. The second-order valence-electron chi connectivity index (χ2n) is 1.61. The van der Waals surface area contributed by atoms with Crippen LogP contribution < -0.4 is 5.73 Å². The number of hydrogen-bond donors (Lipinski definition) is 1. The number of methoxy groups -OCH3 is 1. The minimum Gasteiger partial charge on any atom is -0.483 e. The van der Waals surface area contributed by atoms with Crippen molar-refractivity contribution in [2.24, 2.45) is 5.73 Å². The first-order valence-corrected chi connectivity index (χ1v) is 2.50. The van der Waals surface area contributed by atoms with E-state index in [2.05, 4.69) is 4.74 Å². The summed E-state index contributed by atoms with van der Waals surface area (Å²) in [7, 11) is 1.06. The molecule has 0 aromatic heterocycles. The molecular weight excluding hydrogens is 163 g/mol. The Morgan fingerprint density at radius 2 is 2.00 bits per heavy atom. The number of allylic oxidation sites excluding steroid dienone is 1. The highest BCUT2D eigenvalue weighted by molar-refractivity contribution is 5.94. The molecule has 0 fully saturated rings. The van der Waals surface area contributed by atoms with Crippen LogP contribution in [0.1, 0.15) is 0 Å².